The van der Waals surface area contributed by atoms with E-state index >= 15 is 0 Å². The van der Waals surface area contributed by atoms with Crippen molar-refractivity contribution in [2.24, 2.45) is 4.99 Å². The van der Waals surface area contributed by atoms with Gasteiger partial charge in [-0.1, -0.05) is 13.0 Å². The Morgan fingerprint density at radius 2 is 2.11 bits per heavy atom. The summed E-state index contributed by atoms with van der Waals surface area (Å²) in [6.45, 7) is 2.08. The standard InChI is InChI=1S/C7H14N2/c1-4-5-6-8-7-9(2)3/h5-7H,4H2,1-3H3/b6-5-,8-7-. The zero-order valence-electron chi connectivity index (χ0n) is 6.33. The van der Waals surface area contributed by atoms with Crippen molar-refractivity contribution in [1.29, 1.82) is 0 Å². The zero-order chi connectivity index (χ0) is 7.11. The van der Waals surface area contributed by atoms with Crippen molar-refractivity contribution in [3.63, 3.8) is 0 Å². The molecule has 0 spiro atoms. The molecule has 0 saturated carbocycles. The number of hydrogen-bond donors (Lipinski definition) is 0. The van der Waals surface area contributed by atoms with Crippen LogP contribution >= 0.6 is 0 Å². The molecule has 0 aromatic rings. The maximum Gasteiger partial charge on any atom is 0.0899 e. The summed E-state index contributed by atoms with van der Waals surface area (Å²) in [4.78, 5) is 5.88. The minimum atomic E-state index is 1.05. The molecule has 0 fully saturated rings. The minimum Gasteiger partial charge on any atom is -0.369 e. The highest BCUT2D eigenvalue weighted by molar-refractivity contribution is 5.54. The van der Waals surface area contributed by atoms with Gasteiger partial charge in [0.1, 0.15) is 0 Å². The molecular weight excluding hydrogens is 112 g/mol. The van der Waals surface area contributed by atoms with E-state index in [-0.39, 0.29) is 0 Å². The number of rotatable bonds is 3. The van der Waals surface area contributed by atoms with Crippen molar-refractivity contribution < 1.29 is 0 Å². The molecule has 0 rings (SSSR count). The Hall–Kier alpha value is -0.790. The first-order chi connectivity index (χ1) is 4.27. The monoisotopic (exact) mass is 126 g/mol. The van der Waals surface area contributed by atoms with Crippen molar-refractivity contribution in [1.82, 2.24) is 4.90 Å². The summed E-state index contributed by atoms with van der Waals surface area (Å²) >= 11 is 0. The Morgan fingerprint density at radius 3 is 2.56 bits per heavy atom. The number of hydrogen-bond acceptors (Lipinski definition) is 1. The van der Waals surface area contributed by atoms with Gasteiger partial charge in [-0.05, 0) is 6.42 Å². The Labute approximate surface area is 56.9 Å². The summed E-state index contributed by atoms with van der Waals surface area (Å²) in [7, 11) is 3.90. The van der Waals surface area contributed by atoms with Gasteiger partial charge >= 0.3 is 0 Å². The van der Waals surface area contributed by atoms with Gasteiger partial charge in [0.15, 0.2) is 0 Å². The molecule has 0 bridgehead atoms. The second-order valence-corrected chi connectivity index (χ2v) is 2.02. The summed E-state index contributed by atoms with van der Waals surface area (Å²) in [6.07, 6.45) is 6.64. The molecular formula is C7H14N2. The first-order valence-electron chi connectivity index (χ1n) is 3.12. The van der Waals surface area contributed by atoms with Crippen LogP contribution in [-0.4, -0.2) is 25.3 Å². The van der Waals surface area contributed by atoms with E-state index in [4.69, 9.17) is 0 Å². The SMILES string of the molecule is CC/C=C\N=C/N(C)C. The molecule has 0 unspecified atom stereocenters. The quantitative estimate of drug-likeness (QED) is 0.413. The van der Waals surface area contributed by atoms with Crippen molar-refractivity contribution in [3.05, 3.63) is 12.3 Å². The van der Waals surface area contributed by atoms with Crippen LogP contribution in [0.15, 0.2) is 17.3 Å². The van der Waals surface area contributed by atoms with E-state index in [1.165, 1.54) is 0 Å². The fourth-order valence-electron chi connectivity index (χ4n) is 0.338. The van der Waals surface area contributed by atoms with Gasteiger partial charge in [0, 0.05) is 20.3 Å². The van der Waals surface area contributed by atoms with Crippen LogP contribution in [0, 0.1) is 0 Å². The molecule has 0 aromatic heterocycles. The number of allylic oxidation sites excluding steroid dienone is 1. The highest BCUT2D eigenvalue weighted by atomic mass is 15.1. The maximum absolute atomic E-state index is 3.98. The highest BCUT2D eigenvalue weighted by Crippen LogP contribution is 1.79. The predicted octanol–water partition coefficient (Wildman–Crippen LogP) is 1.50. The lowest BCUT2D eigenvalue weighted by molar-refractivity contribution is 0.643. The third-order valence-electron chi connectivity index (χ3n) is 0.725. The van der Waals surface area contributed by atoms with Crippen LogP contribution in [0.3, 0.4) is 0 Å². The van der Waals surface area contributed by atoms with Crippen LogP contribution in [0.1, 0.15) is 13.3 Å². The third kappa shape index (κ3) is 7.21. The van der Waals surface area contributed by atoms with Gasteiger partial charge in [-0.15, -0.1) is 0 Å². The summed E-state index contributed by atoms with van der Waals surface area (Å²) < 4.78 is 0. The highest BCUT2D eigenvalue weighted by Gasteiger charge is 1.70. The first kappa shape index (κ1) is 8.21. The van der Waals surface area contributed by atoms with Crippen LogP contribution in [0.5, 0.6) is 0 Å². The van der Waals surface area contributed by atoms with Crippen LogP contribution in [0.4, 0.5) is 0 Å². The van der Waals surface area contributed by atoms with Crippen molar-refractivity contribution >= 4 is 6.34 Å². The summed E-state index contributed by atoms with van der Waals surface area (Å²) in [5.41, 5.74) is 0. The van der Waals surface area contributed by atoms with Gasteiger partial charge in [0.05, 0.1) is 6.34 Å². The second-order valence-electron chi connectivity index (χ2n) is 2.02. The molecule has 0 radical (unpaired) electrons. The second kappa shape index (κ2) is 5.35. The van der Waals surface area contributed by atoms with Crippen molar-refractivity contribution in [2.45, 2.75) is 13.3 Å². The molecule has 0 atom stereocenters. The van der Waals surface area contributed by atoms with Crippen molar-refractivity contribution in [2.75, 3.05) is 14.1 Å². The van der Waals surface area contributed by atoms with Gasteiger partial charge in [0.25, 0.3) is 0 Å². The molecule has 0 saturated heterocycles. The Morgan fingerprint density at radius 1 is 1.44 bits per heavy atom. The van der Waals surface area contributed by atoms with Gasteiger partial charge in [-0.3, -0.25) is 0 Å². The van der Waals surface area contributed by atoms with Crippen molar-refractivity contribution in [3.8, 4) is 0 Å². The van der Waals surface area contributed by atoms with Crippen LogP contribution in [0.2, 0.25) is 0 Å². The van der Waals surface area contributed by atoms with Gasteiger partial charge in [0.2, 0.25) is 0 Å². The first-order valence-corrected chi connectivity index (χ1v) is 3.12. The summed E-state index contributed by atoms with van der Waals surface area (Å²) in [6, 6.07) is 0. The van der Waals surface area contributed by atoms with E-state index in [0.717, 1.165) is 6.42 Å². The average Bonchev–Trinajstić information content (AvgIpc) is 1.80. The van der Waals surface area contributed by atoms with Gasteiger partial charge < -0.3 is 4.90 Å². The molecule has 2 nitrogen and oxygen atoms in total. The predicted molar refractivity (Wildman–Crippen MR) is 41.6 cm³/mol. The van der Waals surface area contributed by atoms with E-state index < -0.39 is 0 Å². The van der Waals surface area contributed by atoms with E-state index in [1.54, 1.807) is 12.5 Å². The van der Waals surface area contributed by atoms with Crippen LogP contribution < -0.4 is 0 Å². The lowest BCUT2D eigenvalue weighted by atomic mass is 10.5. The third-order valence-corrected chi connectivity index (χ3v) is 0.725. The molecule has 0 aliphatic rings. The molecule has 0 N–H and O–H groups in total. The number of aliphatic imine (C=N–C) groups is 1. The lowest BCUT2D eigenvalue weighted by Gasteiger charge is -1.99. The van der Waals surface area contributed by atoms with Gasteiger partial charge in [-0.2, -0.15) is 0 Å². The number of nitrogens with zero attached hydrogens (tertiary/aromatic N) is 2. The molecule has 0 amide bonds. The van der Waals surface area contributed by atoms with E-state index in [1.807, 2.05) is 25.1 Å². The van der Waals surface area contributed by atoms with E-state index in [0.29, 0.717) is 0 Å². The van der Waals surface area contributed by atoms with Crippen LogP contribution in [0.25, 0.3) is 0 Å². The molecule has 0 aliphatic heterocycles. The zero-order valence-corrected chi connectivity index (χ0v) is 6.33. The topological polar surface area (TPSA) is 15.6 Å². The normalized spacial score (nSPS) is 11.4. The lowest BCUT2D eigenvalue weighted by Crippen LogP contribution is -2.06. The molecule has 9 heavy (non-hydrogen) atoms. The summed E-state index contributed by atoms with van der Waals surface area (Å²) in [5.74, 6) is 0. The maximum atomic E-state index is 3.98. The Bertz CT molecular complexity index is 103. The molecule has 0 aromatic carbocycles. The molecule has 0 aliphatic carbocycles. The minimum absolute atomic E-state index is 1.05. The average molecular weight is 126 g/mol. The van der Waals surface area contributed by atoms with E-state index in [2.05, 4.69) is 11.9 Å². The molecule has 2 heteroatoms. The van der Waals surface area contributed by atoms with Gasteiger partial charge in [-0.25, -0.2) is 4.99 Å². The molecule has 52 valence electrons. The fraction of sp³-hybridized carbons (Fsp3) is 0.571. The largest absolute Gasteiger partial charge is 0.369 e. The Kier molecular flexibility index (Phi) is 4.88. The van der Waals surface area contributed by atoms with Crippen LogP contribution in [-0.2, 0) is 0 Å². The summed E-state index contributed by atoms with van der Waals surface area (Å²) in [5, 5.41) is 0. The molecule has 0 heterocycles. The van der Waals surface area contributed by atoms with E-state index in [9.17, 15) is 0 Å². The fourth-order valence-corrected chi connectivity index (χ4v) is 0.338. The Balaban J connectivity index is 3.35. The smallest absolute Gasteiger partial charge is 0.0899 e.